The van der Waals surface area contributed by atoms with Gasteiger partial charge in [0.05, 0.1) is 10.9 Å². The largest absolute Gasteiger partial charge is 0.480 e. The number of furan rings is 1. The van der Waals surface area contributed by atoms with Crippen molar-refractivity contribution in [3.8, 4) is 5.95 Å². The van der Waals surface area contributed by atoms with E-state index in [0.29, 0.717) is 10.9 Å². The summed E-state index contributed by atoms with van der Waals surface area (Å²) in [5, 5.41) is 11.0. The molecule has 0 fully saturated rings. The highest BCUT2D eigenvalue weighted by molar-refractivity contribution is 5.94. The summed E-state index contributed by atoms with van der Waals surface area (Å²) in [6, 6.07) is 9.62. The van der Waals surface area contributed by atoms with Gasteiger partial charge in [-0.3, -0.25) is 0 Å². The highest BCUT2D eigenvalue weighted by Crippen LogP contribution is 2.28. The van der Waals surface area contributed by atoms with Crippen LogP contribution in [0.1, 0.15) is 0 Å². The minimum atomic E-state index is -0.0711. The molecule has 3 rings (SSSR count). The van der Waals surface area contributed by atoms with Crippen LogP contribution in [0, 0.1) is 0 Å². The molecule has 0 aliphatic carbocycles. The lowest BCUT2D eigenvalue weighted by molar-refractivity contribution is 0.338. The second-order valence-electron chi connectivity index (χ2n) is 3.15. The SMILES string of the molecule is Oc1occ2nc3ccccc3cc12. The molecule has 0 saturated heterocycles. The predicted octanol–water partition coefficient (Wildman–Crippen LogP) is 2.69. The number of rotatable bonds is 0. The van der Waals surface area contributed by atoms with E-state index in [1.807, 2.05) is 30.3 Å². The number of pyridine rings is 1. The van der Waals surface area contributed by atoms with Gasteiger partial charge in [-0.1, -0.05) is 18.2 Å². The molecule has 3 heteroatoms. The van der Waals surface area contributed by atoms with E-state index >= 15 is 0 Å². The molecule has 3 nitrogen and oxygen atoms in total. The van der Waals surface area contributed by atoms with Crippen molar-refractivity contribution in [1.82, 2.24) is 4.98 Å². The van der Waals surface area contributed by atoms with Crippen LogP contribution in [0.5, 0.6) is 5.95 Å². The van der Waals surface area contributed by atoms with Gasteiger partial charge in [-0.15, -0.1) is 0 Å². The predicted molar refractivity (Wildman–Crippen MR) is 53.2 cm³/mol. The van der Waals surface area contributed by atoms with E-state index in [1.54, 1.807) is 0 Å². The maximum Gasteiger partial charge on any atom is 0.291 e. The number of para-hydroxylation sites is 1. The first kappa shape index (κ1) is 7.38. The summed E-state index contributed by atoms with van der Waals surface area (Å²) in [6.45, 7) is 0. The smallest absolute Gasteiger partial charge is 0.291 e. The van der Waals surface area contributed by atoms with E-state index in [-0.39, 0.29) is 5.95 Å². The van der Waals surface area contributed by atoms with Crippen molar-refractivity contribution in [2.45, 2.75) is 0 Å². The number of hydrogen-bond acceptors (Lipinski definition) is 3. The standard InChI is InChI=1S/C11H7NO2/c13-11-8-5-7-3-1-2-4-9(7)12-10(8)6-14-11/h1-6,13H. The van der Waals surface area contributed by atoms with Crippen molar-refractivity contribution in [2.24, 2.45) is 0 Å². The Balaban J connectivity index is 2.54. The number of benzene rings is 1. The molecule has 1 aromatic carbocycles. The Bertz CT molecular complexity index is 613. The topological polar surface area (TPSA) is 46.3 Å². The third-order valence-electron chi connectivity index (χ3n) is 2.27. The van der Waals surface area contributed by atoms with Crippen LogP contribution in [-0.2, 0) is 0 Å². The second kappa shape index (κ2) is 2.48. The summed E-state index contributed by atoms with van der Waals surface area (Å²) in [5.74, 6) is -0.0711. The van der Waals surface area contributed by atoms with E-state index in [4.69, 9.17) is 4.42 Å². The molecule has 0 radical (unpaired) electrons. The maximum absolute atomic E-state index is 9.36. The number of nitrogens with zero attached hydrogens (tertiary/aromatic N) is 1. The van der Waals surface area contributed by atoms with Gasteiger partial charge in [0.15, 0.2) is 0 Å². The van der Waals surface area contributed by atoms with Gasteiger partial charge in [0.25, 0.3) is 5.95 Å². The van der Waals surface area contributed by atoms with Crippen molar-refractivity contribution < 1.29 is 9.52 Å². The van der Waals surface area contributed by atoms with E-state index < -0.39 is 0 Å². The number of fused-ring (bicyclic) bond motifs is 2. The molecule has 0 atom stereocenters. The van der Waals surface area contributed by atoms with Gasteiger partial charge < -0.3 is 9.52 Å². The quantitative estimate of drug-likeness (QED) is 0.585. The Hall–Kier alpha value is -2.03. The van der Waals surface area contributed by atoms with E-state index in [2.05, 4.69) is 4.98 Å². The average Bonchev–Trinajstić information content (AvgIpc) is 2.57. The molecule has 0 aliphatic heterocycles. The number of hydrogen-bond donors (Lipinski definition) is 1. The van der Waals surface area contributed by atoms with Crippen molar-refractivity contribution in [1.29, 1.82) is 0 Å². The number of aromatic nitrogens is 1. The lowest BCUT2D eigenvalue weighted by atomic mass is 10.2. The molecular formula is C11H7NO2. The summed E-state index contributed by atoms with van der Waals surface area (Å²) < 4.78 is 4.88. The summed E-state index contributed by atoms with van der Waals surface area (Å²) in [7, 11) is 0. The highest BCUT2D eigenvalue weighted by Gasteiger charge is 2.06. The molecule has 0 spiro atoms. The lowest BCUT2D eigenvalue weighted by Crippen LogP contribution is -1.77. The fourth-order valence-corrected chi connectivity index (χ4v) is 1.57. The normalized spacial score (nSPS) is 11.1. The first-order valence-electron chi connectivity index (χ1n) is 4.30. The Morgan fingerprint density at radius 3 is 2.93 bits per heavy atom. The van der Waals surface area contributed by atoms with Gasteiger partial charge in [0.2, 0.25) is 0 Å². The third kappa shape index (κ3) is 0.893. The van der Waals surface area contributed by atoms with Crippen LogP contribution in [-0.4, -0.2) is 10.1 Å². The third-order valence-corrected chi connectivity index (χ3v) is 2.27. The van der Waals surface area contributed by atoms with Gasteiger partial charge in [-0.05, 0) is 12.1 Å². The van der Waals surface area contributed by atoms with Gasteiger partial charge >= 0.3 is 0 Å². The zero-order valence-electron chi connectivity index (χ0n) is 7.27. The Labute approximate surface area is 79.6 Å². The minimum Gasteiger partial charge on any atom is -0.480 e. The van der Waals surface area contributed by atoms with Crippen molar-refractivity contribution in [3.63, 3.8) is 0 Å². The highest BCUT2D eigenvalue weighted by atomic mass is 16.5. The Morgan fingerprint density at radius 2 is 2.00 bits per heavy atom. The van der Waals surface area contributed by atoms with Crippen molar-refractivity contribution in [2.75, 3.05) is 0 Å². The Kier molecular flexibility index (Phi) is 1.31. The fourth-order valence-electron chi connectivity index (χ4n) is 1.57. The van der Waals surface area contributed by atoms with Gasteiger partial charge in [-0.2, -0.15) is 0 Å². The monoisotopic (exact) mass is 185 g/mol. The van der Waals surface area contributed by atoms with Crippen LogP contribution in [0.15, 0.2) is 41.0 Å². The molecule has 0 amide bonds. The van der Waals surface area contributed by atoms with Crippen LogP contribution in [0.3, 0.4) is 0 Å². The molecule has 2 heterocycles. The van der Waals surface area contributed by atoms with E-state index in [0.717, 1.165) is 10.9 Å². The average molecular weight is 185 g/mol. The van der Waals surface area contributed by atoms with Crippen molar-refractivity contribution in [3.05, 3.63) is 36.6 Å². The van der Waals surface area contributed by atoms with Gasteiger partial charge in [-0.25, -0.2) is 4.98 Å². The molecule has 14 heavy (non-hydrogen) atoms. The lowest BCUT2D eigenvalue weighted by Gasteiger charge is -1.95. The van der Waals surface area contributed by atoms with Crippen LogP contribution < -0.4 is 0 Å². The maximum atomic E-state index is 9.36. The zero-order chi connectivity index (χ0) is 9.54. The molecular weight excluding hydrogens is 178 g/mol. The first-order chi connectivity index (χ1) is 6.84. The molecule has 3 aromatic rings. The van der Waals surface area contributed by atoms with Gasteiger partial charge in [0, 0.05) is 5.39 Å². The molecule has 0 saturated carbocycles. The number of aromatic hydroxyl groups is 1. The second-order valence-corrected chi connectivity index (χ2v) is 3.15. The molecule has 1 N–H and O–H groups in total. The Morgan fingerprint density at radius 1 is 1.14 bits per heavy atom. The molecule has 0 bridgehead atoms. The van der Waals surface area contributed by atoms with Gasteiger partial charge in [0.1, 0.15) is 11.8 Å². The summed E-state index contributed by atoms with van der Waals surface area (Å²) >= 11 is 0. The first-order valence-corrected chi connectivity index (χ1v) is 4.30. The van der Waals surface area contributed by atoms with Crippen LogP contribution in [0.4, 0.5) is 0 Å². The minimum absolute atomic E-state index is 0.0711. The van der Waals surface area contributed by atoms with Crippen LogP contribution in [0.25, 0.3) is 21.8 Å². The molecule has 2 aromatic heterocycles. The zero-order valence-corrected chi connectivity index (χ0v) is 7.27. The fraction of sp³-hybridized carbons (Fsp3) is 0. The van der Waals surface area contributed by atoms with Crippen LogP contribution in [0.2, 0.25) is 0 Å². The van der Waals surface area contributed by atoms with Crippen LogP contribution >= 0.6 is 0 Å². The van der Waals surface area contributed by atoms with Crippen molar-refractivity contribution >= 4 is 21.8 Å². The summed E-state index contributed by atoms with van der Waals surface area (Å²) in [5.41, 5.74) is 1.59. The molecule has 0 aliphatic rings. The van der Waals surface area contributed by atoms with E-state index in [9.17, 15) is 5.11 Å². The molecule has 68 valence electrons. The molecule has 0 unspecified atom stereocenters. The van der Waals surface area contributed by atoms with E-state index in [1.165, 1.54) is 6.26 Å². The summed E-state index contributed by atoms with van der Waals surface area (Å²) in [6.07, 6.45) is 1.46. The summed E-state index contributed by atoms with van der Waals surface area (Å²) in [4.78, 5) is 4.34.